The molecule has 1 heterocycles. The first kappa shape index (κ1) is 23.0. The van der Waals surface area contributed by atoms with Gasteiger partial charge in [0.2, 0.25) is 5.91 Å². The van der Waals surface area contributed by atoms with E-state index >= 15 is 0 Å². The maximum absolute atomic E-state index is 12.9. The van der Waals surface area contributed by atoms with Gasteiger partial charge in [-0.25, -0.2) is 0 Å². The number of carbonyl (C=O) groups is 2. The van der Waals surface area contributed by atoms with Crippen LogP contribution in [0.1, 0.15) is 37.6 Å². The summed E-state index contributed by atoms with van der Waals surface area (Å²) < 4.78 is 0. The molecule has 5 nitrogen and oxygen atoms in total. The molecule has 0 aliphatic carbocycles. The molecule has 2 amide bonds. The standard InChI is InChI=1S/C18H25Cl2N3O2.ClH/c1-11(2)8-16(18(25)23-7-6-21-12(3)10-23)22-17(24)14-5-4-13(19)9-15(14)20;/h4-5,9,11-12,16,21H,6-8,10H2,1-3H3,(H,22,24);1H/t12-,16?;/m1./s1. The van der Waals surface area contributed by atoms with E-state index in [1.807, 2.05) is 25.7 Å². The van der Waals surface area contributed by atoms with Crippen molar-refractivity contribution in [1.29, 1.82) is 0 Å². The summed E-state index contributed by atoms with van der Waals surface area (Å²) in [4.78, 5) is 27.3. The third-order valence-corrected chi connectivity index (χ3v) is 4.71. The molecule has 1 saturated heterocycles. The predicted octanol–water partition coefficient (Wildman–Crippen LogP) is 3.38. The smallest absolute Gasteiger partial charge is 0.253 e. The van der Waals surface area contributed by atoms with Gasteiger partial charge in [0, 0.05) is 30.7 Å². The lowest BCUT2D eigenvalue weighted by Gasteiger charge is -2.35. The quantitative estimate of drug-likeness (QED) is 0.764. The van der Waals surface area contributed by atoms with Gasteiger partial charge in [0.05, 0.1) is 10.6 Å². The molecule has 2 rings (SSSR count). The summed E-state index contributed by atoms with van der Waals surface area (Å²) in [5.74, 6) is -0.125. The molecule has 1 aromatic carbocycles. The minimum Gasteiger partial charge on any atom is -0.340 e. The molecule has 8 heteroatoms. The highest BCUT2D eigenvalue weighted by Gasteiger charge is 2.29. The van der Waals surface area contributed by atoms with Crippen molar-refractivity contribution in [2.75, 3.05) is 19.6 Å². The van der Waals surface area contributed by atoms with E-state index in [-0.39, 0.29) is 41.2 Å². The molecular formula is C18H26Cl3N3O2. The number of nitrogens with one attached hydrogen (secondary N) is 2. The van der Waals surface area contributed by atoms with Crippen LogP contribution in [-0.4, -0.2) is 48.4 Å². The summed E-state index contributed by atoms with van der Waals surface area (Å²) in [6.07, 6.45) is 0.577. The Kier molecular flexibility index (Phi) is 9.17. The van der Waals surface area contributed by atoms with Gasteiger partial charge >= 0.3 is 0 Å². The zero-order chi connectivity index (χ0) is 18.6. The number of hydrogen-bond donors (Lipinski definition) is 2. The fourth-order valence-corrected chi connectivity index (χ4v) is 3.45. The Bertz CT molecular complexity index is 640. The highest BCUT2D eigenvalue weighted by Crippen LogP contribution is 2.21. The van der Waals surface area contributed by atoms with Crippen LogP contribution in [0.5, 0.6) is 0 Å². The zero-order valence-electron chi connectivity index (χ0n) is 15.2. The maximum atomic E-state index is 12.9. The highest BCUT2D eigenvalue weighted by molar-refractivity contribution is 6.36. The molecule has 26 heavy (non-hydrogen) atoms. The van der Waals surface area contributed by atoms with Gasteiger partial charge in [-0.05, 0) is 37.5 Å². The number of amides is 2. The van der Waals surface area contributed by atoms with E-state index in [0.29, 0.717) is 30.1 Å². The lowest BCUT2D eigenvalue weighted by molar-refractivity contribution is -0.134. The number of hydrogen-bond acceptors (Lipinski definition) is 3. The van der Waals surface area contributed by atoms with Crippen LogP contribution in [0.15, 0.2) is 18.2 Å². The van der Waals surface area contributed by atoms with Gasteiger partial charge in [-0.15, -0.1) is 12.4 Å². The SMILES string of the molecule is CC(C)CC(NC(=O)c1ccc(Cl)cc1Cl)C(=O)N1CCN[C@H](C)C1.Cl. The Morgan fingerprint density at radius 3 is 2.62 bits per heavy atom. The first-order valence-electron chi connectivity index (χ1n) is 8.56. The summed E-state index contributed by atoms with van der Waals surface area (Å²) in [6.45, 7) is 8.16. The molecule has 1 fully saturated rings. The molecule has 2 N–H and O–H groups in total. The lowest BCUT2D eigenvalue weighted by atomic mass is 10.0. The molecule has 0 radical (unpaired) electrons. The summed E-state index contributed by atoms with van der Waals surface area (Å²) in [7, 11) is 0. The molecule has 1 aromatic rings. The highest BCUT2D eigenvalue weighted by atomic mass is 35.5. The predicted molar refractivity (Wildman–Crippen MR) is 108 cm³/mol. The Morgan fingerprint density at radius 1 is 1.35 bits per heavy atom. The maximum Gasteiger partial charge on any atom is 0.253 e. The Hall–Kier alpha value is -1.01. The fraction of sp³-hybridized carbons (Fsp3) is 0.556. The zero-order valence-corrected chi connectivity index (χ0v) is 17.5. The normalized spacial score (nSPS) is 18.2. The first-order chi connectivity index (χ1) is 11.8. The van der Waals surface area contributed by atoms with Crippen LogP contribution in [0.25, 0.3) is 0 Å². The third-order valence-electron chi connectivity index (χ3n) is 4.17. The third kappa shape index (κ3) is 6.31. The summed E-state index contributed by atoms with van der Waals surface area (Å²) in [5.41, 5.74) is 0.321. The lowest BCUT2D eigenvalue weighted by Crippen LogP contribution is -2.56. The van der Waals surface area contributed by atoms with Gasteiger partial charge in [-0.2, -0.15) is 0 Å². The Morgan fingerprint density at radius 2 is 2.04 bits per heavy atom. The van der Waals surface area contributed by atoms with Crippen LogP contribution in [0, 0.1) is 5.92 Å². The van der Waals surface area contributed by atoms with E-state index in [9.17, 15) is 9.59 Å². The van der Waals surface area contributed by atoms with E-state index in [2.05, 4.69) is 10.6 Å². The van der Waals surface area contributed by atoms with Crippen molar-refractivity contribution in [2.24, 2.45) is 5.92 Å². The minimum atomic E-state index is -0.565. The molecule has 2 atom stereocenters. The molecule has 1 unspecified atom stereocenters. The first-order valence-corrected chi connectivity index (χ1v) is 9.31. The van der Waals surface area contributed by atoms with Crippen molar-refractivity contribution in [3.8, 4) is 0 Å². The molecule has 0 saturated carbocycles. The average molecular weight is 423 g/mol. The van der Waals surface area contributed by atoms with E-state index < -0.39 is 6.04 Å². The van der Waals surface area contributed by atoms with Gasteiger partial charge in [0.25, 0.3) is 5.91 Å². The number of halogens is 3. The van der Waals surface area contributed by atoms with Crippen molar-refractivity contribution >= 4 is 47.4 Å². The van der Waals surface area contributed by atoms with Gasteiger partial charge < -0.3 is 15.5 Å². The van der Waals surface area contributed by atoms with Crippen LogP contribution in [0.3, 0.4) is 0 Å². The Balaban J connectivity index is 0.00000338. The molecule has 0 spiro atoms. The topological polar surface area (TPSA) is 61.4 Å². The molecule has 1 aliphatic rings. The average Bonchev–Trinajstić information content (AvgIpc) is 2.53. The van der Waals surface area contributed by atoms with Crippen LogP contribution in [0.2, 0.25) is 10.0 Å². The van der Waals surface area contributed by atoms with Crippen molar-refractivity contribution in [1.82, 2.24) is 15.5 Å². The van der Waals surface area contributed by atoms with Crippen LogP contribution >= 0.6 is 35.6 Å². The van der Waals surface area contributed by atoms with Crippen LogP contribution in [0.4, 0.5) is 0 Å². The summed E-state index contributed by atoms with van der Waals surface area (Å²) >= 11 is 12.0. The number of nitrogens with zero attached hydrogens (tertiary/aromatic N) is 1. The summed E-state index contributed by atoms with van der Waals surface area (Å²) in [6, 6.07) is 4.39. The second-order valence-corrected chi connectivity index (χ2v) is 7.76. The summed E-state index contributed by atoms with van der Waals surface area (Å²) in [5, 5.41) is 6.91. The molecule has 0 bridgehead atoms. The van der Waals surface area contributed by atoms with Crippen molar-refractivity contribution in [2.45, 2.75) is 39.3 Å². The number of rotatable bonds is 5. The second kappa shape index (κ2) is 10.4. The number of carbonyl (C=O) groups excluding carboxylic acids is 2. The molecular weight excluding hydrogens is 397 g/mol. The van der Waals surface area contributed by atoms with E-state index in [4.69, 9.17) is 23.2 Å². The largest absolute Gasteiger partial charge is 0.340 e. The van der Waals surface area contributed by atoms with E-state index in [1.54, 1.807) is 12.1 Å². The number of piperazine rings is 1. The van der Waals surface area contributed by atoms with Crippen molar-refractivity contribution in [3.05, 3.63) is 33.8 Å². The fourth-order valence-electron chi connectivity index (χ4n) is 2.96. The van der Waals surface area contributed by atoms with E-state index in [0.717, 1.165) is 6.54 Å². The van der Waals surface area contributed by atoms with E-state index in [1.165, 1.54) is 6.07 Å². The minimum absolute atomic E-state index is 0. The second-order valence-electron chi connectivity index (χ2n) is 6.92. The van der Waals surface area contributed by atoms with Crippen LogP contribution < -0.4 is 10.6 Å². The van der Waals surface area contributed by atoms with Crippen LogP contribution in [-0.2, 0) is 4.79 Å². The van der Waals surface area contributed by atoms with Gasteiger partial charge in [0.15, 0.2) is 0 Å². The molecule has 1 aliphatic heterocycles. The van der Waals surface area contributed by atoms with Gasteiger partial charge in [-0.3, -0.25) is 9.59 Å². The van der Waals surface area contributed by atoms with Crippen molar-refractivity contribution < 1.29 is 9.59 Å². The monoisotopic (exact) mass is 421 g/mol. The van der Waals surface area contributed by atoms with Gasteiger partial charge in [-0.1, -0.05) is 37.0 Å². The Labute approximate surface area is 171 Å². The molecule has 146 valence electrons. The van der Waals surface area contributed by atoms with Crippen molar-refractivity contribution in [3.63, 3.8) is 0 Å². The van der Waals surface area contributed by atoms with Gasteiger partial charge in [0.1, 0.15) is 6.04 Å². The number of benzene rings is 1. The molecule has 0 aromatic heterocycles.